The van der Waals surface area contributed by atoms with Gasteiger partial charge in [0.1, 0.15) is 0 Å². The molecule has 8 heteroatoms. The zero-order chi connectivity index (χ0) is 18.8. The fourth-order valence-corrected chi connectivity index (χ4v) is 2.77. The second kappa shape index (κ2) is 6.83. The van der Waals surface area contributed by atoms with Gasteiger partial charge in [-0.3, -0.25) is 4.79 Å². The molecule has 134 valence electrons. The molecule has 1 amide bonds. The predicted octanol–water partition coefficient (Wildman–Crippen LogP) is 2.72. The lowest BCUT2D eigenvalue weighted by Crippen LogP contribution is -2.14. The Bertz CT molecular complexity index is 1080. The van der Waals surface area contributed by atoms with Gasteiger partial charge in [-0.2, -0.15) is 0 Å². The van der Waals surface area contributed by atoms with Crippen molar-refractivity contribution in [2.75, 3.05) is 5.32 Å². The number of benzene rings is 2. The average Bonchev–Trinajstić information content (AvgIpc) is 3.29. The first-order valence-corrected chi connectivity index (χ1v) is 8.40. The third-order valence-corrected chi connectivity index (χ3v) is 4.20. The molecule has 0 radical (unpaired) electrons. The summed E-state index contributed by atoms with van der Waals surface area (Å²) in [7, 11) is 0. The van der Waals surface area contributed by atoms with E-state index in [1.165, 1.54) is 0 Å². The van der Waals surface area contributed by atoms with Crippen LogP contribution >= 0.6 is 0 Å². The number of aromatic nitrogens is 6. The number of nitrogens with one attached hydrogen (secondary N) is 1. The maximum Gasteiger partial charge on any atom is 0.278 e. The third kappa shape index (κ3) is 3.20. The fraction of sp³-hybridized carbons (Fsp3) is 0.105. The van der Waals surface area contributed by atoms with Crippen molar-refractivity contribution >= 4 is 11.6 Å². The first-order valence-electron chi connectivity index (χ1n) is 8.40. The van der Waals surface area contributed by atoms with E-state index in [1.54, 1.807) is 15.6 Å². The molecule has 2 aromatic heterocycles. The molecule has 0 saturated heterocycles. The monoisotopic (exact) mass is 359 g/mol. The molecule has 2 heterocycles. The number of rotatable bonds is 4. The van der Waals surface area contributed by atoms with E-state index in [1.807, 2.05) is 68.4 Å². The number of hydrogen-bond acceptors (Lipinski definition) is 5. The molecule has 0 bridgehead atoms. The predicted molar refractivity (Wildman–Crippen MR) is 100 cm³/mol. The van der Waals surface area contributed by atoms with E-state index in [2.05, 4.69) is 25.9 Å². The van der Waals surface area contributed by atoms with Gasteiger partial charge in [-0.15, -0.1) is 10.2 Å². The van der Waals surface area contributed by atoms with Gasteiger partial charge >= 0.3 is 0 Å². The second-order valence-corrected chi connectivity index (χ2v) is 6.06. The highest BCUT2D eigenvalue weighted by Gasteiger charge is 2.17. The Morgan fingerprint density at radius 2 is 1.59 bits per heavy atom. The molecule has 0 saturated carbocycles. The molecule has 4 rings (SSSR count). The molecular weight excluding hydrogens is 342 g/mol. The highest BCUT2D eigenvalue weighted by atomic mass is 16.2. The van der Waals surface area contributed by atoms with Crippen molar-refractivity contribution in [2.24, 2.45) is 0 Å². The van der Waals surface area contributed by atoms with Gasteiger partial charge in [0.05, 0.1) is 29.0 Å². The van der Waals surface area contributed by atoms with Crippen LogP contribution in [0.5, 0.6) is 0 Å². The van der Waals surface area contributed by atoms with Crippen molar-refractivity contribution in [2.45, 2.75) is 13.8 Å². The van der Waals surface area contributed by atoms with Crippen LogP contribution in [-0.2, 0) is 0 Å². The lowest BCUT2D eigenvalue weighted by Gasteiger charge is -2.07. The fourth-order valence-electron chi connectivity index (χ4n) is 2.77. The molecule has 0 aliphatic carbocycles. The summed E-state index contributed by atoms with van der Waals surface area (Å²) in [6.07, 6.45) is 1.69. The van der Waals surface area contributed by atoms with Crippen LogP contribution in [0.1, 0.15) is 21.9 Å². The van der Waals surface area contributed by atoms with Crippen molar-refractivity contribution in [3.05, 3.63) is 77.9 Å². The van der Waals surface area contributed by atoms with Crippen LogP contribution in [0, 0.1) is 13.8 Å². The quantitative estimate of drug-likeness (QED) is 0.605. The minimum absolute atomic E-state index is 0.287. The van der Waals surface area contributed by atoms with Crippen molar-refractivity contribution in [3.63, 3.8) is 0 Å². The molecule has 0 unspecified atom stereocenters. The SMILES string of the molecule is Cc1cnnn1-c1ccc(NC(=O)c2nnn(-c3ccccc3)c2C)cc1. The number of aryl methyl sites for hydroxylation is 1. The summed E-state index contributed by atoms with van der Waals surface area (Å²) >= 11 is 0. The number of amides is 1. The van der Waals surface area contributed by atoms with Crippen molar-refractivity contribution in [1.29, 1.82) is 0 Å². The topological polar surface area (TPSA) is 90.5 Å². The Labute approximate surface area is 155 Å². The maximum atomic E-state index is 12.6. The minimum atomic E-state index is -0.306. The minimum Gasteiger partial charge on any atom is -0.321 e. The number of carbonyl (C=O) groups is 1. The molecule has 0 aliphatic rings. The lowest BCUT2D eigenvalue weighted by molar-refractivity contribution is 0.102. The third-order valence-electron chi connectivity index (χ3n) is 4.20. The summed E-state index contributed by atoms with van der Waals surface area (Å²) in [4.78, 5) is 12.6. The summed E-state index contributed by atoms with van der Waals surface area (Å²) in [6.45, 7) is 3.74. The normalized spacial score (nSPS) is 10.7. The highest BCUT2D eigenvalue weighted by Crippen LogP contribution is 2.16. The number of carbonyl (C=O) groups excluding carboxylic acids is 1. The molecule has 4 aromatic rings. The summed E-state index contributed by atoms with van der Waals surface area (Å²) in [5.41, 5.74) is 4.28. The Hall–Kier alpha value is -3.81. The van der Waals surface area contributed by atoms with Crippen molar-refractivity contribution < 1.29 is 4.79 Å². The Morgan fingerprint density at radius 1 is 0.889 bits per heavy atom. The zero-order valence-corrected chi connectivity index (χ0v) is 14.9. The number of nitrogens with zero attached hydrogens (tertiary/aromatic N) is 6. The van der Waals surface area contributed by atoms with E-state index in [4.69, 9.17) is 0 Å². The molecule has 8 nitrogen and oxygen atoms in total. The largest absolute Gasteiger partial charge is 0.321 e. The Morgan fingerprint density at radius 3 is 2.26 bits per heavy atom. The molecule has 0 atom stereocenters. The van der Waals surface area contributed by atoms with Crippen LogP contribution < -0.4 is 5.32 Å². The lowest BCUT2D eigenvalue weighted by atomic mass is 10.2. The molecule has 27 heavy (non-hydrogen) atoms. The first kappa shape index (κ1) is 16.6. The van der Waals surface area contributed by atoms with Crippen LogP contribution in [0.4, 0.5) is 5.69 Å². The number of anilines is 1. The standard InChI is InChI=1S/C19H17N7O/c1-13-12-20-23-25(13)17-10-8-15(9-11-17)21-19(27)18-14(2)26(24-22-18)16-6-4-3-5-7-16/h3-12H,1-2H3,(H,21,27). The van der Waals surface area contributed by atoms with Crippen molar-refractivity contribution in [3.8, 4) is 11.4 Å². The van der Waals surface area contributed by atoms with Crippen LogP contribution in [-0.4, -0.2) is 35.9 Å². The van der Waals surface area contributed by atoms with Crippen LogP contribution in [0.3, 0.4) is 0 Å². The summed E-state index contributed by atoms with van der Waals surface area (Å²) in [5.74, 6) is -0.306. The first-order chi connectivity index (χ1) is 13.1. The Balaban J connectivity index is 1.53. The Kier molecular flexibility index (Phi) is 4.21. The molecule has 1 N–H and O–H groups in total. The zero-order valence-electron chi connectivity index (χ0n) is 14.9. The second-order valence-electron chi connectivity index (χ2n) is 6.06. The summed E-state index contributed by atoms with van der Waals surface area (Å²) in [6, 6.07) is 16.9. The average molecular weight is 359 g/mol. The van der Waals surface area contributed by atoms with E-state index in [-0.39, 0.29) is 11.6 Å². The van der Waals surface area contributed by atoms with E-state index in [9.17, 15) is 4.79 Å². The van der Waals surface area contributed by atoms with Gasteiger partial charge in [0.15, 0.2) is 5.69 Å². The van der Waals surface area contributed by atoms with E-state index in [0.717, 1.165) is 17.1 Å². The van der Waals surface area contributed by atoms with Crippen LogP contribution in [0.25, 0.3) is 11.4 Å². The maximum absolute atomic E-state index is 12.6. The number of para-hydroxylation sites is 1. The molecule has 0 fully saturated rings. The van der Waals surface area contributed by atoms with Crippen LogP contribution in [0.15, 0.2) is 60.8 Å². The van der Waals surface area contributed by atoms with Gasteiger partial charge in [-0.1, -0.05) is 28.6 Å². The van der Waals surface area contributed by atoms with E-state index >= 15 is 0 Å². The van der Waals surface area contributed by atoms with Gasteiger partial charge in [-0.25, -0.2) is 9.36 Å². The van der Waals surface area contributed by atoms with E-state index in [0.29, 0.717) is 11.4 Å². The van der Waals surface area contributed by atoms with E-state index < -0.39 is 0 Å². The van der Waals surface area contributed by atoms with Crippen LogP contribution in [0.2, 0.25) is 0 Å². The van der Waals surface area contributed by atoms with Gasteiger partial charge in [-0.05, 0) is 50.2 Å². The van der Waals surface area contributed by atoms with Crippen molar-refractivity contribution in [1.82, 2.24) is 30.0 Å². The van der Waals surface area contributed by atoms with Gasteiger partial charge < -0.3 is 5.32 Å². The smallest absolute Gasteiger partial charge is 0.278 e. The molecular formula is C19H17N7O. The summed E-state index contributed by atoms with van der Waals surface area (Å²) in [5, 5.41) is 18.9. The highest BCUT2D eigenvalue weighted by molar-refractivity contribution is 6.03. The van der Waals surface area contributed by atoms with Gasteiger partial charge in [0, 0.05) is 5.69 Å². The molecule has 0 spiro atoms. The summed E-state index contributed by atoms with van der Waals surface area (Å²) < 4.78 is 3.37. The number of hydrogen-bond donors (Lipinski definition) is 1. The molecule has 2 aromatic carbocycles. The van der Waals surface area contributed by atoms with Gasteiger partial charge in [0.2, 0.25) is 0 Å². The molecule has 0 aliphatic heterocycles. The van der Waals surface area contributed by atoms with Gasteiger partial charge in [0.25, 0.3) is 5.91 Å².